The Morgan fingerprint density at radius 2 is 1.91 bits per heavy atom. The first-order valence-corrected chi connectivity index (χ1v) is 12.0. The summed E-state index contributed by atoms with van der Waals surface area (Å²) >= 11 is 0. The van der Waals surface area contributed by atoms with Crippen LogP contribution in [0.4, 0.5) is 4.79 Å². The van der Waals surface area contributed by atoms with Crippen molar-refractivity contribution in [3.05, 3.63) is 75.1 Å². The number of aromatic nitrogens is 1. The van der Waals surface area contributed by atoms with Crippen molar-refractivity contribution in [3.8, 4) is 0 Å². The number of nitrogens with one attached hydrogen (secondary N) is 2. The third-order valence-electron chi connectivity index (χ3n) is 4.83. The van der Waals surface area contributed by atoms with Crippen LogP contribution in [0.15, 0.2) is 57.6 Å². The number of ether oxygens (including phenoxy) is 1. The summed E-state index contributed by atoms with van der Waals surface area (Å²) in [5.74, 6) is -0.643. The summed E-state index contributed by atoms with van der Waals surface area (Å²) in [4.78, 5) is 41.6. The van der Waals surface area contributed by atoms with Gasteiger partial charge in [0.1, 0.15) is 11.2 Å². The molecule has 1 aromatic carbocycles. The van der Waals surface area contributed by atoms with Crippen molar-refractivity contribution < 1.29 is 22.7 Å². The van der Waals surface area contributed by atoms with Crippen LogP contribution < -0.4 is 10.9 Å². The molecule has 2 heterocycles. The molecule has 1 aliphatic heterocycles. The number of H-pyrrole nitrogens is 1. The maximum atomic E-state index is 12.5. The van der Waals surface area contributed by atoms with Gasteiger partial charge in [-0.15, -0.1) is 0 Å². The molecule has 0 fully saturated rings. The van der Waals surface area contributed by atoms with Gasteiger partial charge in [-0.1, -0.05) is 24.3 Å². The molecule has 0 radical (unpaired) electrons. The third kappa shape index (κ3) is 6.32. The number of carbonyl (C=O) groups excluding carboxylic acids is 2. The van der Waals surface area contributed by atoms with Crippen molar-refractivity contribution in [1.29, 1.82) is 0 Å². The minimum atomic E-state index is -3.62. The molecule has 9 nitrogen and oxygen atoms in total. The molecular formula is C23H27N3O6S. The Kier molecular flexibility index (Phi) is 7.06. The fourth-order valence-corrected chi connectivity index (χ4v) is 4.31. The first-order valence-electron chi connectivity index (χ1n) is 10.4. The van der Waals surface area contributed by atoms with E-state index in [0.717, 1.165) is 5.41 Å². The molecule has 0 saturated carbocycles. The smallest absolute Gasteiger partial charge is 0.410 e. The van der Waals surface area contributed by atoms with Gasteiger partial charge >= 0.3 is 6.09 Å². The summed E-state index contributed by atoms with van der Waals surface area (Å²) in [6.45, 7) is 5.86. The molecule has 0 spiro atoms. The van der Waals surface area contributed by atoms with Crippen molar-refractivity contribution >= 4 is 21.8 Å². The summed E-state index contributed by atoms with van der Waals surface area (Å²) in [7, 11) is -3.62. The second-order valence-electron chi connectivity index (χ2n) is 8.61. The minimum Gasteiger partial charge on any atom is -0.444 e. The molecule has 0 atom stereocenters. The van der Waals surface area contributed by atoms with Crippen LogP contribution in [0.2, 0.25) is 0 Å². The highest BCUT2D eigenvalue weighted by Crippen LogP contribution is 2.19. The molecule has 2 N–H and O–H groups in total. The Balaban J connectivity index is 1.67. The highest BCUT2D eigenvalue weighted by molar-refractivity contribution is 7.94. The number of sulfone groups is 1. The lowest BCUT2D eigenvalue weighted by molar-refractivity contribution is 0.0222. The number of benzene rings is 1. The lowest BCUT2D eigenvalue weighted by Gasteiger charge is -2.31. The first kappa shape index (κ1) is 24.2. The van der Waals surface area contributed by atoms with E-state index in [9.17, 15) is 22.8 Å². The fourth-order valence-electron chi connectivity index (χ4n) is 3.27. The Labute approximate surface area is 192 Å². The zero-order chi connectivity index (χ0) is 24.2. The summed E-state index contributed by atoms with van der Waals surface area (Å²) in [6.07, 6.45) is 1.28. The van der Waals surface area contributed by atoms with Gasteiger partial charge in [-0.2, -0.15) is 0 Å². The Morgan fingerprint density at radius 1 is 1.21 bits per heavy atom. The zero-order valence-electron chi connectivity index (χ0n) is 18.8. The number of carbonyl (C=O) groups is 2. The SMILES string of the molecule is CC(C)(C)OC(=O)N1CCc2[nH]c(=O)c(C(=O)NC/C=C/S(=O)(=O)c3ccccc3)cc2C1. The topological polar surface area (TPSA) is 126 Å². The molecule has 2 aromatic rings. The molecule has 0 unspecified atom stereocenters. The first-order chi connectivity index (χ1) is 15.5. The number of hydrogen-bond acceptors (Lipinski definition) is 6. The van der Waals surface area contributed by atoms with E-state index < -0.39 is 33.0 Å². The molecule has 176 valence electrons. The number of aromatic amines is 1. The number of fused-ring (bicyclic) bond motifs is 1. The second-order valence-corrected chi connectivity index (χ2v) is 10.4. The van der Waals surface area contributed by atoms with E-state index in [4.69, 9.17) is 4.74 Å². The van der Waals surface area contributed by atoms with Crippen LogP contribution >= 0.6 is 0 Å². The molecule has 10 heteroatoms. The lowest BCUT2D eigenvalue weighted by atomic mass is 10.0. The van der Waals surface area contributed by atoms with Crippen LogP contribution in [0.1, 0.15) is 42.4 Å². The van der Waals surface area contributed by atoms with Gasteiger partial charge in [0.2, 0.25) is 0 Å². The summed E-state index contributed by atoms with van der Waals surface area (Å²) in [6, 6.07) is 9.37. The molecule has 1 aromatic heterocycles. The highest BCUT2D eigenvalue weighted by Gasteiger charge is 2.27. The predicted molar refractivity (Wildman–Crippen MR) is 123 cm³/mol. The van der Waals surface area contributed by atoms with Crippen LogP contribution in [0.3, 0.4) is 0 Å². The van der Waals surface area contributed by atoms with Crippen molar-refractivity contribution in [1.82, 2.24) is 15.2 Å². The average molecular weight is 474 g/mol. The standard InChI is InChI=1S/C23H27N3O6S/c1-23(2,3)32-22(29)26-12-10-19-16(15-26)14-18(21(28)25-19)20(27)24-11-7-13-33(30,31)17-8-5-4-6-9-17/h4-9,13-14H,10-12,15H2,1-3H3,(H,24,27)(H,25,28)/b13-7+. The summed E-state index contributed by atoms with van der Waals surface area (Å²) < 4.78 is 29.9. The maximum absolute atomic E-state index is 12.5. The lowest BCUT2D eigenvalue weighted by Crippen LogP contribution is -2.41. The van der Waals surface area contributed by atoms with E-state index in [-0.39, 0.29) is 23.5 Å². The summed E-state index contributed by atoms with van der Waals surface area (Å²) in [5.41, 5.74) is 0.0378. The van der Waals surface area contributed by atoms with Gasteiger partial charge in [0, 0.05) is 30.6 Å². The largest absolute Gasteiger partial charge is 0.444 e. The molecule has 1 aliphatic rings. The van der Waals surface area contributed by atoms with E-state index >= 15 is 0 Å². The number of pyridine rings is 1. The molecule has 0 bridgehead atoms. The molecule has 3 rings (SSSR count). The molecule has 0 aliphatic carbocycles. The van der Waals surface area contributed by atoms with E-state index in [1.807, 2.05) is 0 Å². The minimum absolute atomic E-state index is 0.0779. The van der Waals surface area contributed by atoms with E-state index in [1.165, 1.54) is 29.2 Å². The van der Waals surface area contributed by atoms with Crippen LogP contribution in [-0.2, 0) is 27.5 Å². The van der Waals surface area contributed by atoms with Gasteiger partial charge in [0.25, 0.3) is 11.5 Å². The number of amides is 2. The normalized spacial score (nSPS) is 14.1. The van der Waals surface area contributed by atoms with Crippen molar-refractivity contribution in [2.45, 2.75) is 44.2 Å². The van der Waals surface area contributed by atoms with Gasteiger partial charge in [-0.25, -0.2) is 13.2 Å². The monoisotopic (exact) mass is 473 g/mol. The van der Waals surface area contributed by atoms with Crippen LogP contribution in [0, 0.1) is 0 Å². The van der Waals surface area contributed by atoms with Gasteiger partial charge in [0.15, 0.2) is 9.84 Å². The zero-order valence-corrected chi connectivity index (χ0v) is 19.6. The van der Waals surface area contributed by atoms with Crippen LogP contribution in [0.5, 0.6) is 0 Å². The quantitative estimate of drug-likeness (QED) is 0.687. The maximum Gasteiger partial charge on any atom is 0.410 e. The number of nitrogens with zero attached hydrogens (tertiary/aromatic N) is 1. The Morgan fingerprint density at radius 3 is 2.58 bits per heavy atom. The van der Waals surface area contributed by atoms with E-state index in [0.29, 0.717) is 24.2 Å². The second kappa shape index (κ2) is 9.62. The molecule has 0 saturated heterocycles. The Hall–Kier alpha value is -3.40. The third-order valence-corrected chi connectivity index (χ3v) is 6.31. The molecule has 33 heavy (non-hydrogen) atoms. The van der Waals surface area contributed by atoms with Crippen LogP contribution in [-0.4, -0.2) is 49.0 Å². The van der Waals surface area contributed by atoms with Gasteiger partial charge in [-0.05, 0) is 44.5 Å². The van der Waals surface area contributed by atoms with E-state index in [1.54, 1.807) is 39.0 Å². The highest BCUT2D eigenvalue weighted by atomic mass is 32.2. The predicted octanol–water partition coefficient (Wildman–Crippen LogP) is 2.39. The summed E-state index contributed by atoms with van der Waals surface area (Å²) in [5, 5.41) is 3.53. The molecular weight excluding hydrogens is 446 g/mol. The fraction of sp³-hybridized carbons (Fsp3) is 0.348. The van der Waals surface area contributed by atoms with E-state index in [2.05, 4.69) is 10.3 Å². The molecule has 2 amide bonds. The van der Waals surface area contributed by atoms with Gasteiger partial charge < -0.3 is 19.9 Å². The Bertz CT molecular complexity index is 1230. The number of rotatable bonds is 5. The van der Waals surface area contributed by atoms with Gasteiger partial charge in [-0.3, -0.25) is 9.59 Å². The average Bonchev–Trinajstić information content (AvgIpc) is 2.75. The van der Waals surface area contributed by atoms with Crippen molar-refractivity contribution in [2.24, 2.45) is 0 Å². The van der Waals surface area contributed by atoms with Crippen molar-refractivity contribution in [2.75, 3.05) is 13.1 Å². The van der Waals surface area contributed by atoms with Gasteiger partial charge in [0.05, 0.1) is 11.4 Å². The van der Waals surface area contributed by atoms with Crippen LogP contribution in [0.25, 0.3) is 0 Å². The number of hydrogen-bond donors (Lipinski definition) is 2. The van der Waals surface area contributed by atoms with Crippen molar-refractivity contribution in [3.63, 3.8) is 0 Å².